The van der Waals surface area contributed by atoms with E-state index in [1.807, 2.05) is 44.2 Å². The predicted octanol–water partition coefficient (Wildman–Crippen LogP) is 2.77. The molecule has 0 radical (unpaired) electrons. The number of hydrogen-bond donors (Lipinski definition) is 1. The molecular formula is C15H17N3O2. The van der Waals surface area contributed by atoms with Crippen LogP contribution in [0.1, 0.15) is 29.9 Å². The quantitative estimate of drug-likeness (QED) is 0.928. The van der Waals surface area contributed by atoms with Crippen LogP contribution in [0.5, 0.6) is 0 Å². The van der Waals surface area contributed by atoms with Crippen LogP contribution in [0.4, 0.5) is 4.79 Å². The molecule has 1 heterocycles. The lowest BCUT2D eigenvalue weighted by Gasteiger charge is -2.13. The number of aryl methyl sites for hydroxylation is 1. The molecule has 0 aliphatic heterocycles. The van der Waals surface area contributed by atoms with Gasteiger partial charge in [-0.1, -0.05) is 30.3 Å². The van der Waals surface area contributed by atoms with Crippen molar-refractivity contribution in [3.8, 4) is 0 Å². The van der Waals surface area contributed by atoms with Gasteiger partial charge < -0.3 is 10.1 Å². The predicted molar refractivity (Wildman–Crippen MR) is 74.9 cm³/mol. The molecule has 1 atom stereocenters. The van der Waals surface area contributed by atoms with Crippen molar-refractivity contribution in [1.82, 2.24) is 15.3 Å². The van der Waals surface area contributed by atoms with E-state index in [1.165, 1.54) is 0 Å². The van der Waals surface area contributed by atoms with Crippen LogP contribution in [0.2, 0.25) is 0 Å². The van der Waals surface area contributed by atoms with Crippen LogP contribution >= 0.6 is 0 Å². The zero-order valence-electron chi connectivity index (χ0n) is 11.5. The number of aromatic nitrogens is 2. The Bertz CT molecular complexity index is 555. The summed E-state index contributed by atoms with van der Waals surface area (Å²) in [6, 6.07) is 9.29. The fourth-order valence-electron chi connectivity index (χ4n) is 1.64. The number of nitrogens with zero attached hydrogens (tertiary/aromatic N) is 2. The summed E-state index contributed by atoms with van der Waals surface area (Å²) in [6.07, 6.45) is 2.85. The van der Waals surface area contributed by atoms with Crippen molar-refractivity contribution in [3.05, 3.63) is 59.7 Å². The topological polar surface area (TPSA) is 64.1 Å². The van der Waals surface area contributed by atoms with Gasteiger partial charge in [-0.3, -0.25) is 9.97 Å². The van der Waals surface area contributed by atoms with Crippen LogP contribution in [-0.4, -0.2) is 16.1 Å². The van der Waals surface area contributed by atoms with Crippen LogP contribution in [0.25, 0.3) is 0 Å². The first-order valence-corrected chi connectivity index (χ1v) is 6.41. The minimum absolute atomic E-state index is 0.244. The van der Waals surface area contributed by atoms with Crippen molar-refractivity contribution in [2.45, 2.75) is 26.5 Å². The SMILES string of the molecule is Cc1cnc([C@H](C)NC(=O)OCc2ccccc2)cn1. The van der Waals surface area contributed by atoms with Gasteiger partial charge in [-0.05, 0) is 19.4 Å². The van der Waals surface area contributed by atoms with Gasteiger partial charge in [0.05, 0.1) is 23.6 Å². The molecule has 0 bridgehead atoms. The van der Waals surface area contributed by atoms with Gasteiger partial charge >= 0.3 is 6.09 Å². The lowest BCUT2D eigenvalue weighted by atomic mass is 10.2. The van der Waals surface area contributed by atoms with Gasteiger partial charge in [-0.15, -0.1) is 0 Å². The summed E-state index contributed by atoms with van der Waals surface area (Å²) in [7, 11) is 0. The van der Waals surface area contributed by atoms with E-state index in [0.29, 0.717) is 5.69 Å². The fraction of sp³-hybridized carbons (Fsp3) is 0.267. The van der Waals surface area contributed by atoms with Gasteiger partial charge in [0.2, 0.25) is 0 Å². The number of ether oxygens (including phenoxy) is 1. The maximum absolute atomic E-state index is 11.7. The van der Waals surface area contributed by atoms with E-state index in [1.54, 1.807) is 12.4 Å². The van der Waals surface area contributed by atoms with Gasteiger partial charge in [0.25, 0.3) is 0 Å². The third-order valence-electron chi connectivity index (χ3n) is 2.79. The van der Waals surface area contributed by atoms with Gasteiger partial charge in [-0.2, -0.15) is 0 Å². The van der Waals surface area contributed by atoms with Crippen molar-refractivity contribution >= 4 is 6.09 Å². The Morgan fingerprint density at radius 1 is 1.25 bits per heavy atom. The van der Waals surface area contributed by atoms with Gasteiger partial charge in [0, 0.05) is 6.20 Å². The normalized spacial score (nSPS) is 11.7. The average Bonchev–Trinajstić information content (AvgIpc) is 2.47. The zero-order valence-corrected chi connectivity index (χ0v) is 11.5. The molecule has 0 saturated heterocycles. The van der Waals surface area contributed by atoms with E-state index >= 15 is 0 Å². The molecule has 104 valence electrons. The summed E-state index contributed by atoms with van der Waals surface area (Å²) >= 11 is 0. The first-order valence-electron chi connectivity index (χ1n) is 6.41. The summed E-state index contributed by atoms with van der Waals surface area (Å²) in [5, 5.41) is 2.72. The smallest absolute Gasteiger partial charge is 0.407 e. The maximum Gasteiger partial charge on any atom is 0.407 e. The minimum Gasteiger partial charge on any atom is -0.445 e. The van der Waals surface area contributed by atoms with E-state index in [-0.39, 0.29) is 12.6 Å². The van der Waals surface area contributed by atoms with Gasteiger partial charge in [0.15, 0.2) is 0 Å². The molecule has 1 N–H and O–H groups in total. The Kier molecular flexibility index (Phi) is 4.65. The molecule has 0 saturated carbocycles. The number of nitrogens with one attached hydrogen (secondary N) is 1. The molecule has 5 heteroatoms. The van der Waals surface area contributed by atoms with Crippen LogP contribution in [-0.2, 0) is 11.3 Å². The molecule has 0 unspecified atom stereocenters. The molecule has 20 heavy (non-hydrogen) atoms. The highest BCUT2D eigenvalue weighted by molar-refractivity contribution is 5.67. The standard InChI is InChI=1S/C15H17N3O2/c1-11-8-17-14(9-16-11)12(2)18-15(19)20-10-13-6-4-3-5-7-13/h3-9,12H,10H2,1-2H3,(H,18,19)/t12-/m0/s1. The third kappa shape index (κ3) is 4.05. The summed E-state index contributed by atoms with van der Waals surface area (Å²) in [4.78, 5) is 20.0. The lowest BCUT2D eigenvalue weighted by Crippen LogP contribution is -2.27. The number of alkyl carbamates (subject to hydrolysis) is 1. The van der Waals surface area contributed by atoms with Crippen molar-refractivity contribution in [1.29, 1.82) is 0 Å². The molecule has 1 aromatic carbocycles. The highest BCUT2D eigenvalue weighted by Gasteiger charge is 2.11. The van der Waals surface area contributed by atoms with Crippen molar-refractivity contribution in [2.75, 3.05) is 0 Å². The van der Waals surface area contributed by atoms with Crippen LogP contribution in [0.3, 0.4) is 0 Å². The molecule has 0 fully saturated rings. The third-order valence-corrected chi connectivity index (χ3v) is 2.79. The second kappa shape index (κ2) is 6.65. The highest BCUT2D eigenvalue weighted by Crippen LogP contribution is 2.08. The van der Waals surface area contributed by atoms with Crippen LogP contribution in [0, 0.1) is 6.92 Å². The van der Waals surface area contributed by atoms with E-state index < -0.39 is 6.09 Å². The molecule has 1 amide bonds. The Hall–Kier alpha value is -2.43. The lowest BCUT2D eigenvalue weighted by molar-refractivity contribution is 0.136. The van der Waals surface area contributed by atoms with Crippen molar-refractivity contribution < 1.29 is 9.53 Å². The second-order valence-corrected chi connectivity index (χ2v) is 4.51. The minimum atomic E-state index is -0.469. The Labute approximate surface area is 118 Å². The summed E-state index contributed by atoms with van der Waals surface area (Å²) in [6.45, 7) is 3.95. The molecule has 0 spiro atoms. The molecule has 1 aromatic heterocycles. The summed E-state index contributed by atoms with van der Waals surface area (Å²) in [5.74, 6) is 0. The Morgan fingerprint density at radius 2 is 2.00 bits per heavy atom. The Balaban J connectivity index is 1.83. The number of amides is 1. The molecular weight excluding hydrogens is 254 g/mol. The number of hydrogen-bond acceptors (Lipinski definition) is 4. The number of carbonyl (C=O) groups excluding carboxylic acids is 1. The van der Waals surface area contributed by atoms with E-state index in [4.69, 9.17) is 4.74 Å². The highest BCUT2D eigenvalue weighted by atomic mass is 16.5. The van der Waals surface area contributed by atoms with E-state index in [0.717, 1.165) is 11.3 Å². The number of carbonyl (C=O) groups is 1. The van der Waals surface area contributed by atoms with Gasteiger partial charge in [-0.25, -0.2) is 4.79 Å². The first-order chi connectivity index (χ1) is 9.65. The molecule has 0 aliphatic rings. The number of benzene rings is 1. The van der Waals surface area contributed by atoms with Crippen LogP contribution in [0.15, 0.2) is 42.7 Å². The summed E-state index contributed by atoms with van der Waals surface area (Å²) in [5.41, 5.74) is 2.49. The van der Waals surface area contributed by atoms with Crippen molar-refractivity contribution in [2.24, 2.45) is 0 Å². The summed E-state index contributed by atoms with van der Waals surface area (Å²) < 4.78 is 5.15. The van der Waals surface area contributed by atoms with Crippen LogP contribution < -0.4 is 5.32 Å². The zero-order chi connectivity index (χ0) is 14.4. The first kappa shape index (κ1) is 14.0. The monoisotopic (exact) mass is 271 g/mol. The molecule has 5 nitrogen and oxygen atoms in total. The maximum atomic E-state index is 11.7. The molecule has 0 aliphatic carbocycles. The number of rotatable bonds is 4. The fourth-order valence-corrected chi connectivity index (χ4v) is 1.64. The second-order valence-electron chi connectivity index (χ2n) is 4.51. The molecule has 2 aromatic rings. The van der Waals surface area contributed by atoms with Crippen molar-refractivity contribution in [3.63, 3.8) is 0 Å². The van der Waals surface area contributed by atoms with E-state index in [9.17, 15) is 4.79 Å². The largest absolute Gasteiger partial charge is 0.445 e. The Morgan fingerprint density at radius 3 is 2.65 bits per heavy atom. The van der Waals surface area contributed by atoms with E-state index in [2.05, 4.69) is 15.3 Å². The molecule has 2 rings (SSSR count). The average molecular weight is 271 g/mol. The van der Waals surface area contributed by atoms with Gasteiger partial charge in [0.1, 0.15) is 6.61 Å².